The van der Waals surface area contributed by atoms with Crippen LogP contribution in [0.4, 0.5) is 0 Å². The second kappa shape index (κ2) is 4.82. The molecule has 0 atom stereocenters. The average Bonchev–Trinajstić information content (AvgIpc) is 2.16. The number of carbonyl (C=O) groups excluding carboxylic acids is 1. The molecule has 0 saturated carbocycles. The Morgan fingerprint density at radius 2 is 2.18 bits per heavy atom. The summed E-state index contributed by atoms with van der Waals surface area (Å²) in [5.41, 5.74) is 0.635. The maximum absolute atomic E-state index is 10.3. The van der Waals surface area contributed by atoms with Crippen LogP contribution in [-0.2, 0) is 14.3 Å². The summed E-state index contributed by atoms with van der Waals surface area (Å²) in [5.74, 6) is 0. The molecular weight excluding hydrogens is 144 g/mol. The minimum atomic E-state index is 0.285. The van der Waals surface area contributed by atoms with Gasteiger partial charge in [0.15, 0.2) is 0 Å². The van der Waals surface area contributed by atoms with E-state index in [1.807, 2.05) is 0 Å². The molecule has 1 rings (SSSR count). The second-order valence-electron chi connectivity index (χ2n) is 2.08. The molecule has 0 spiro atoms. The Labute approximate surface area is 65.3 Å². The molecule has 3 nitrogen and oxygen atoms in total. The van der Waals surface area contributed by atoms with Gasteiger partial charge in [-0.05, 0) is 6.08 Å². The number of allylic oxidation sites excluding steroid dienone is 2. The fraction of sp³-hybridized carbons (Fsp3) is 0.375. The summed E-state index contributed by atoms with van der Waals surface area (Å²) in [4.78, 5) is 10.3. The molecule has 11 heavy (non-hydrogen) atoms. The van der Waals surface area contributed by atoms with Crippen LogP contribution in [0.15, 0.2) is 23.8 Å². The van der Waals surface area contributed by atoms with Crippen LogP contribution in [0.1, 0.15) is 0 Å². The molecule has 0 bridgehead atoms. The van der Waals surface area contributed by atoms with Crippen molar-refractivity contribution < 1.29 is 14.3 Å². The van der Waals surface area contributed by atoms with E-state index in [1.165, 1.54) is 0 Å². The van der Waals surface area contributed by atoms with Crippen molar-refractivity contribution in [2.45, 2.75) is 0 Å². The number of carbonyl (C=O) groups is 1. The molecule has 0 aromatic heterocycles. The highest BCUT2D eigenvalue weighted by atomic mass is 16.7. The molecule has 1 aliphatic rings. The van der Waals surface area contributed by atoms with Crippen LogP contribution in [0.2, 0.25) is 0 Å². The smallest absolute Gasteiger partial charge is 0.149 e. The molecule has 0 radical (unpaired) electrons. The maximum atomic E-state index is 10.3. The molecule has 0 aromatic rings. The predicted octanol–water partition coefficient (Wildman–Crippen LogP) is 0.672. The predicted molar refractivity (Wildman–Crippen MR) is 40.1 cm³/mol. The lowest BCUT2D eigenvalue weighted by Gasteiger charge is -1.98. The fourth-order valence-corrected chi connectivity index (χ4v) is 0.718. The van der Waals surface area contributed by atoms with E-state index in [1.54, 1.807) is 18.2 Å². The summed E-state index contributed by atoms with van der Waals surface area (Å²) in [6, 6.07) is 0. The Balaban J connectivity index is 2.55. The highest BCUT2D eigenvalue weighted by molar-refractivity contribution is 5.77. The van der Waals surface area contributed by atoms with E-state index in [2.05, 4.69) is 0 Å². The van der Waals surface area contributed by atoms with Gasteiger partial charge in [0.1, 0.15) is 13.1 Å². The molecule has 0 saturated heterocycles. The fourth-order valence-electron chi connectivity index (χ4n) is 0.718. The van der Waals surface area contributed by atoms with Crippen LogP contribution in [-0.4, -0.2) is 26.3 Å². The number of aldehydes is 1. The first-order valence-electron chi connectivity index (χ1n) is 3.41. The molecule has 1 heterocycles. The van der Waals surface area contributed by atoms with Crippen molar-refractivity contribution in [3.05, 3.63) is 23.8 Å². The molecule has 0 aliphatic carbocycles. The SMILES string of the molecule is O=CC1=CCOCOCC=C1. The minimum absolute atomic E-state index is 0.285. The van der Waals surface area contributed by atoms with Gasteiger partial charge in [-0.1, -0.05) is 12.2 Å². The zero-order valence-corrected chi connectivity index (χ0v) is 6.16. The van der Waals surface area contributed by atoms with Gasteiger partial charge in [0.2, 0.25) is 0 Å². The monoisotopic (exact) mass is 154 g/mol. The molecule has 1 aliphatic heterocycles. The normalized spacial score (nSPS) is 19.5. The van der Waals surface area contributed by atoms with E-state index < -0.39 is 0 Å². The largest absolute Gasteiger partial charge is 0.351 e. The zero-order chi connectivity index (χ0) is 7.94. The summed E-state index contributed by atoms with van der Waals surface area (Å²) < 4.78 is 9.98. The molecular formula is C8H10O3. The summed E-state index contributed by atoms with van der Waals surface area (Å²) in [5, 5.41) is 0. The summed E-state index contributed by atoms with van der Waals surface area (Å²) >= 11 is 0. The van der Waals surface area contributed by atoms with Crippen molar-refractivity contribution in [2.24, 2.45) is 0 Å². The first-order valence-corrected chi connectivity index (χ1v) is 3.41. The average molecular weight is 154 g/mol. The lowest BCUT2D eigenvalue weighted by molar-refractivity contribution is -0.104. The van der Waals surface area contributed by atoms with Gasteiger partial charge < -0.3 is 9.47 Å². The topological polar surface area (TPSA) is 35.5 Å². The van der Waals surface area contributed by atoms with E-state index in [9.17, 15) is 4.79 Å². The Hall–Kier alpha value is -0.930. The number of hydrogen-bond acceptors (Lipinski definition) is 3. The van der Waals surface area contributed by atoms with Crippen molar-refractivity contribution in [3.63, 3.8) is 0 Å². The van der Waals surface area contributed by atoms with Gasteiger partial charge in [-0.3, -0.25) is 4.79 Å². The standard InChI is InChI=1S/C8H10O3/c9-6-8-2-1-4-10-7-11-5-3-8/h1-3,6H,4-5,7H2. The minimum Gasteiger partial charge on any atom is -0.351 e. The van der Waals surface area contributed by atoms with Crippen molar-refractivity contribution in [2.75, 3.05) is 20.0 Å². The highest BCUT2D eigenvalue weighted by Gasteiger charge is 1.92. The highest BCUT2D eigenvalue weighted by Crippen LogP contribution is 1.95. The molecule has 0 fully saturated rings. The lowest BCUT2D eigenvalue weighted by Crippen LogP contribution is -1.98. The molecule has 0 amide bonds. The molecule has 0 unspecified atom stereocenters. The first kappa shape index (κ1) is 8.17. The first-order chi connectivity index (χ1) is 5.43. The third-order valence-corrected chi connectivity index (χ3v) is 1.26. The van der Waals surface area contributed by atoms with Crippen LogP contribution < -0.4 is 0 Å². The molecule has 3 heteroatoms. The van der Waals surface area contributed by atoms with Crippen molar-refractivity contribution in [3.8, 4) is 0 Å². The maximum Gasteiger partial charge on any atom is 0.149 e. The quantitative estimate of drug-likeness (QED) is 0.521. The van der Waals surface area contributed by atoms with Gasteiger partial charge in [-0.15, -0.1) is 0 Å². The summed E-state index contributed by atoms with van der Waals surface area (Å²) in [6.07, 6.45) is 6.03. The number of ether oxygens (including phenoxy) is 2. The molecule has 60 valence electrons. The third-order valence-electron chi connectivity index (χ3n) is 1.26. The van der Waals surface area contributed by atoms with Crippen LogP contribution >= 0.6 is 0 Å². The van der Waals surface area contributed by atoms with Gasteiger partial charge in [-0.25, -0.2) is 0 Å². The number of hydrogen-bond donors (Lipinski definition) is 0. The van der Waals surface area contributed by atoms with E-state index in [0.29, 0.717) is 18.8 Å². The van der Waals surface area contributed by atoms with Crippen molar-refractivity contribution >= 4 is 6.29 Å². The zero-order valence-electron chi connectivity index (χ0n) is 6.16. The van der Waals surface area contributed by atoms with Gasteiger partial charge in [-0.2, -0.15) is 0 Å². The van der Waals surface area contributed by atoms with Gasteiger partial charge >= 0.3 is 0 Å². The van der Waals surface area contributed by atoms with E-state index in [0.717, 1.165) is 6.29 Å². The van der Waals surface area contributed by atoms with Gasteiger partial charge in [0, 0.05) is 5.57 Å². The van der Waals surface area contributed by atoms with Gasteiger partial charge in [0.25, 0.3) is 0 Å². The van der Waals surface area contributed by atoms with E-state index in [4.69, 9.17) is 9.47 Å². The second-order valence-corrected chi connectivity index (χ2v) is 2.08. The Kier molecular flexibility index (Phi) is 3.58. The van der Waals surface area contributed by atoms with Crippen LogP contribution in [0, 0.1) is 0 Å². The van der Waals surface area contributed by atoms with Crippen LogP contribution in [0.3, 0.4) is 0 Å². The summed E-state index contributed by atoms with van der Waals surface area (Å²) in [7, 11) is 0. The Bertz CT molecular complexity index is 182. The van der Waals surface area contributed by atoms with Crippen molar-refractivity contribution in [1.29, 1.82) is 0 Å². The van der Waals surface area contributed by atoms with Crippen LogP contribution in [0.5, 0.6) is 0 Å². The molecule has 0 aromatic carbocycles. The van der Waals surface area contributed by atoms with E-state index >= 15 is 0 Å². The Morgan fingerprint density at radius 1 is 1.36 bits per heavy atom. The lowest BCUT2D eigenvalue weighted by atomic mass is 10.2. The van der Waals surface area contributed by atoms with Crippen molar-refractivity contribution in [1.82, 2.24) is 0 Å². The Morgan fingerprint density at radius 3 is 3.00 bits per heavy atom. The third kappa shape index (κ3) is 3.11. The van der Waals surface area contributed by atoms with Gasteiger partial charge in [0.05, 0.1) is 13.2 Å². The number of rotatable bonds is 1. The van der Waals surface area contributed by atoms with Crippen LogP contribution in [0.25, 0.3) is 0 Å². The summed E-state index contributed by atoms with van der Waals surface area (Å²) in [6.45, 7) is 1.20. The van der Waals surface area contributed by atoms with E-state index in [-0.39, 0.29) is 6.79 Å². The molecule has 0 N–H and O–H groups in total.